The van der Waals surface area contributed by atoms with Gasteiger partial charge in [-0.1, -0.05) is 30.2 Å². The van der Waals surface area contributed by atoms with Crippen LogP contribution >= 0.6 is 11.6 Å². The minimum Gasteiger partial charge on any atom is -0.493 e. The van der Waals surface area contributed by atoms with Gasteiger partial charge in [-0.15, -0.1) is 0 Å². The minimum atomic E-state index is -0.132. The molecule has 2 N–H and O–H groups in total. The molecule has 2 atom stereocenters. The number of ether oxygens (including phenoxy) is 3. The molecule has 2 aromatic carbocycles. The van der Waals surface area contributed by atoms with Gasteiger partial charge in [0.25, 0.3) is 0 Å². The van der Waals surface area contributed by atoms with Gasteiger partial charge < -0.3 is 24.8 Å². The Balaban J connectivity index is 1.41. The maximum absolute atomic E-state index is 13.2. The number of hydrogen-bond donors (Lipinski definition) is 2. The largest absolute Gasteiger partial charge is 0.493 e. The van der Waals surface area contributed by atoms with Crippen LogP contribution in [0.25, 0.3) is 0 Å². The number of carbonyl (C=O) groups excluding carboxylic acids is 2. The number of methoxy groups -OCH3 is 3. The van der Waals surface area contributed by atoms with Crippen molar-refractivity contribution in [2.24, 2.45) is 5.92 Å². The van der Waals surface area contributed by atoms with Crippen LogP contribution in [-0.2, 0) is 9.59 Å². The van der Waals surface area contributed by atoms with Crippen LogP contribution in [0.5, 0.6) is 17.2 Å². The fourth-order valence-corrected chi connectivity index (χ4v) is 5.45. The molecule has 0 saturated carbocycles. The van der Waals surface area contributed by atoms with Crippen LogP contribution in [0.2, 0.25) is 5.02 Å². The standard InChI is InChI=1S/C26H32ClN3O5/c1-33-22-13-17(14-23(34-2)25(22)35-3)28-26(32)16-11-18-7-6-8-19(12-16)30(18)15-24(31)29-21-10-5-4-9-20(21)27/h4-5,9-10,13-14,16,18-19H,6-8,11-12,15H2,1-3H3,(H,28,32)(H,29,31). The Morgan fingerprint density at radius 2 is 1.60 bits per heavy atom. The summed E-state index contributed by atoms with van der Waals surface area (Å²) in [5.74, 6) is 1.20. The van der Waals surface area contributed by atoms with E-state index in [1.54, 1.807) is 45.6 Å². The number of carbonyl (C=O) groups is 2. The molecule has 2 bridgehead atoms. The highest BCUT2D eigenvalue weighted by Gasteiger charge is 2.41. The third kappa shape index (κ3) is 5.65. The van der Waals surface area contributed by atoms with Gasteiger partial charge in [0.2, 0.25) is 17.6 Å². The van der Waals surface area contributed by atoms with Crippen molar-refractivity contribution in [3.63, 3.8) is 0 Å². The first kappa shape index (κ1) is 25.1. The van der Waals surface area contributed by atoms with E-state index in [1.165, 1.54) is 0 Å². The lowest BCUT2D eigenvalue weighted by Gasteiger charge is -2.48. The zero-order chi connectivity index (χ0) is 24.9. The molecular formula is C26H32ClN3O5. The Labute approximate surface area is 210 Å². The van der Waals surface area contributed by atoms with Crippen molar-refractivity contribution >= 4 is 34.8 Å². The summed E-state index contributed by atoms with van der Waals surface area (Å²) in [6.45, 7) is 0.293. The van der Waals surface area contributed by atoms with Crippen LogP contribution in [0.3, 0.4) is 0 Å². The number of anilines is 2. The summed E-state index contributed by atoms with van der Waals surface area (Å²) in [7, 11) is 4.63. The SMILES string of the molecule is COc1cc(NC(=O)C2CC3CCCC(C2)N3CC(=O)Nc2ccccc2Cl)cc(OC)c1OC. The van der Waals surface area contributed by atoms with Gasteiger partial charge in [-0.2, -0.15) is 0 Å². The summed E-state index contributed by atoms with van der Waals surface area (Å²) in [4.78, 5) is 28.3. The number of nitrogens with one attached hydrogen (secondary N) is 2. The van der Waals surface area contributed by atoms with E-state index in [4.69, 9.17) is 25.8 Å². The highest BCUT2D eigenvalue weighted by molar-refractivity contribution is 6.33. The average Bonchev–Trinajstić information content (AvgIpc) is 2.84. The molecule has 2 unspecified atom stereocenters. The Morgan fingerprint density at radius 3 is 2.17 bits per heavy atom. The number of fused-ring (bicyclic) bond motifs is 2. The summed E-state index contributed by atoms with van der Waals surface area (Å²) in [5, 5.41) is 6.46. The first-order valence-corrected chi connectivity index (χ1v) is 12.2. The summed E-state index contributed by atoms with van der Waals surface area (Å²) in [6.07, 6.45) is 4.49. The number of amides is 2. The highest BCUT2D eigenvalue weighted by atomic mass is 35.5. The van der Waals surface area contributed by atoms with Crippen molar-refractivity contribution in [1.82, 2.24) is 4.90 Å². The number of piperidine rings is 2. The molecule has 0 radical (unpaired) electrons. The van der Waals surface area contributed by atoms with E-state index in [9.17, 15) is 9.59 Å². The molecule has 0 aliphatic carbocycles. The van der Waals surface area contributed by atoms with E-state index in [0.717, 1.165) is 19.3 Å². The normalized spacial score (nSPS) is 21.7. The Bertz CT molecular complexity index is 1040. The van der Waals surface area contributed by atoms with Crippen LogP contribution in [0.1, 0.15) is 32.1 Å². The molecule has 8 nitrogen and oxygen atoms in total. The maximum Gasteiger partial charge on any atom is 0.238 e. The van der Waals surface area contributed by atoms with Gasteiger partial charge in [-0.05, 0) is 37.8 Å². The molecule has 0 spiro atoms. The number of para-hydroxylation sites is 1. The first-order chi connectivity index (χ1) is 16.9. The topological polar surface area (TPSA) is 89.1 Å². The number of halogens is 1. The molecule has 4 rings (SSSR count). The summed E-state index contributed by atoms with van der Waals surface area (Å²) in [5.41, 5.74) is 1.21. The van der Waals surface area contributed by atoms with E-state index in [1.807, 2.05) is 12.1 Å². The second kappa shape index (κ2) is 11.2. The fraction of sp³-hybridized carbons (Fsp3) is 0.462. The minimum absolute atomic E-state index is 0.0312. The molecule has 2 saturated heterocycles. The van der Waals surface area contributed by atoms with E-state index < -0.39 is 0 Å². The van der Waals surface area contributed by atoms with Crippen LogP contribution in [0.15, 0.2) is 36.4 Å². The molecule has 2 aliphatic heterocycles. The van der Waals surface area contributed by atoms with Crippen molar-refractivity contribution < 1.29 is 23.8 Å². The van der Waals surface area contributed by atoms with E-state index in [-0.39, 0.29) is 29.8 Å². The molecule has 2 fully saturated rings. The number of hydrogen-bond acceptors (Lipinski definition) is 6. The number of benzene rings is 2. The van der Waals surface area contributed by atoms with E-state index in [2.05, 4.69) is 15.5 Å². The predicted octanol–water partition coefficient (Wildman–Crippen LogP) is 4.58. The van der Waals surface area contributed by atoms with Gasteiger partial charge in [0.05, 0.1) is 38.6 Å². The summed E-state index contributed by atoms with van der Waals surface area (Å²) < 4.78 is 16.2. The van der Waals surface area contributed by atoms with Crippen LogP contribution in [0.4, 0.5) is 11.4 Å². The van der Waals surface area contributed by atoms with Crippen LogP contribution in [-0.4, -0.2) is 56.7 Å². The van der Waals surface area contributed by atoms with Gasteiger partial charge in [-0.3, -0.25) is 14.5 Å². The van der Waals surface area contributed by atoms with Crippen molar-refractivity contribution in [3.05, 3.63) is 41.4 Å². The second-order valence-corrected chi connectivity index (χ2v) is 9.42. The molecule has 2 aliphatic rings. The van der Waals surface area contributed by atoms with Gasteiger partial charge in [0.15, 0.2) is 11.5 Å². The second-order valence-electron chi connectivity index (χ2n) is 9.01. The maximum atomic E-state index is 13.2. The third-order valence-corrected chi connectivity index (χ3v) is 7.23. The van der Waals surface area contributed by atoms with Crippen molar-refractivity contribution in [3.8, 4) is 17.2 Å². The lowest BCUT2D eigenvalue weighted by Crippen LogP contribution is -2.55. The van der Waals surface area contributed by atoms with Gasteiger partial charge in [0.1, 0.15) is 0 Å². The zero-order valence-corrected chi connectivity index (χ0v) is 21.1. The van der Waals surface area contributed by atoms with Crippen molar-refractivity contribution in [2.75, 3.05) is 38.5 Å². The first-order valence-electron chi connectivity index (χ1n) is 11.8. The predicted molar refractivity (Wildman–Crippen MR) is 136 cm³/mol. The molecule has 2 heterocycles. The molecule has 35 heavy (non-hydrogen) atoms. The van der Waals surface area contributed by atoms with Crippen LogP contribution < -0.4 is 24.8 Å². The lowest BCUT2D eigenvalue weighted by atomic mass is 9.78. The Hall–Kier alpha value is -2.97. The zero-order valence-electron chi connectivity index (χ0n) is 20.3. The molecule has 188 valence electrons. The van der Waals surface area contributed by atoms with Crippen molar-refractivity contribution in [2.45, 2.75) is 44.2 Å². The van der Waals surface area contributed by atoms with Gasteiger partial charge in [0, 0.05) is 35.8 Å². The van der Waals surface area contributed by atoms with E-state index >= 15 is 0 Å². The van der Waals surface area contributed by atoms with Gasteiger partial charge >= 0.3 is 0 Å². The summed E-state index contributed by atoms with van der Waals surface area (Å²) in [6, 6.07) is 11.1. The molecule has 0 aromatic heterocycles. The average molecular weight is 502 g/mol. The molecular weight excluding hydrogens is 470 g/mol. The molecule has 9 heteroatoms. The van der Waals surface area contributed by atoms with Gasteiger partial charge in [-0.25, -0.2) is 0 Å². The van der Waals surface area contributed by atoms with Crippen LogP contribution in [0, 0.1) is 5.92 Å². The monoisotopic (exact) mass is 501 g/mol. The molecule has 2 amide bonds. The number of nitrogens with zero attached hydrogens (tertiary/aromatic N) is 1. The fourth-order valence-electron chi connectivity index (χ4n) is 5.27. The Morgan fingerprint density at radius 1 is 0.971 bits per heavy atom. The molecule has 2 aromatic rings. The summed E-state index contributed by atoms with van der Waals surface area (Å²) >= 11 is 6.19. The lowest BCUT2D eigenvalue weighted by molar-refractivity contribution is -0.126. The highest BCUT2D eigenvalue weighted by Crippen LogP contribution is 2.41. The van der Waals surface area contributed by atoms with Crippen molar-refractivity contribution in [1.29, 1.82) is 0 Å². The number of rotatable bonds is 8. The quantitative estimate of drug-likeness (QED) is 0.550. The third-order valence-electron chi connectivity index (χ3n) is 6.90. The Kier molecular flexibility index (Phi) is 8.03. The smallest absolute Gasteiger partial charge is 0.238 e. The van der Waals surface area contributed by atoms with E-state index in [0.29, 0.717) is 53.0 Å².